The molecule has 1 aromatic rings. The lowest BCUT2D eigenvalue weighted by atomic mass is 10.1. The van der Waals surface area contributed by atoms with Crippen molar-refractivity contribution in [3.05, 3.63) is 34.3 Å². The summed E-state index contributed by atoms with van der Waals surface area (Å²) in [6.45, 7) is 0. The summed E-state index contributed by atoms with van der Waals surface area (Å²) >= 11 is 3.35. The molecule has 0 bridgehead atoms. The van der Waals surface area contributed by atoms with Crippen molar-refractivity contribution < 1.29 is 19.5 Å². The van der Waals surface area contributed by atoms with Gasteiger partial charge in [0, 0.05) is 17.3 Å². The molecule has 7 heteroatoms. The van der Waals surface area contributed by atoms with Crippen molar-refractivity contribution in [1.29, 1.82) is 0 Å². The van der Waals surface area contributed by atoms with E-state index in [2.05, 4.69) is 26.6 Å². The largest absolute Gasteiger partial charge is 0.480 e. The molecule has 3 N–H and O–H groups in total. The van der Waals surface area contributed by atoms with Crippen LogP contribution in [0.5, 0.6) is 0 Å². The fourth-order valence-corrected chi connectivity index (χ4v) is 2.61. The second-order valence-electron chi connectivity index (χ2n) is 4.85. The molecule has 0 spiro atoms. The Bertz CT molecular complexity index is 576. The average Bonchev–Trinajstić information content (AvgIpc) is 2.87. The fourth-order valence-electron chi connectivity index (χ4n) is 2.17. The standard InChI is InChI=1S/C14H15BrN2O4/c15-9-4-2-1-3-8(9)7-11(14(20)21)17-13(19)10-5-6-12(18)16-10/h1-4,10-11H,5-7H2,(H,16,18)(H,17,19)(H,20,21)/t10-,11+/m0/s1. The number of halogens is 1. The monoisotopic (exact) mass is 354 g/mol. The molecule has 0 saturated carbocycles. The van der Waals surface area contributed by atoms with Gasteiger partial charge in [-0.1, -0.05) is 34.1 Å². The van der Waals surface area contributed by atoms with Gasteiger partial charge in [-0.2, -0.15) is 0 Å². The van der Waals surface area contributed by atoms with Gasteiger partial charge < -0.3 is 15.7 Å². The van der Waals surface area contributed by atoms with Crippen molar-refractivity contribution in [2.24, 2.45) is 0 Å². The fraction of sp³-hybridized carbons (Fsp3) is 0.357. The summed E-state index contributed by atoms with van der Waals surface area (Å²) in [5.41, 5.74) is 0.792. The van der Waals surface area contributed by atoms with Crippen molar-refractivity contribution in [3.8, 4) is 0 Å². The van der Waals surface area contributed by atoms with Crippen molar-refractivity contribution in [2.75, 3.05) is 0 Å². The first kappa shape index (κ1) is 15.5. The first-order valence-corrected chi connectivity index (χ1v) is 7.32. The van der Waals surface area contributed by atoms with E-state index in [0.29, 0.717) is 12.8 Å². The zero-order valence-electron chi connectivity index (χ0n) is 11.1. The van der Waals surface area contributed by atoms with Gasteiger partial charge in [0.25, 0.3) is 0 Å². The van der Waals surface area contributed by atoms with E-state index in [1.54, 1.807) is 12.1 Å². The van der Waals surface area contributed by atoms with Crippen LogP contribution in [0.4, 0.5) is 0 Å². The Morgan fingerprint density at radius 2 is 2.14 bits per heavy atom. The van der Waals surface area contributed by atoms with Gasteiger partial charge >= 0.3 is 5.97 Å². The molecule has 0 radical (unpaired) electrons. The highest BCUT2D eigenvalue weighted by atomic mass is 79.9. The van der Waals surface area contributed by atoms with E-state index in [0.717, 1.165) is 10.0 Å². The summed E-state index contributed by atoms with van der Waals surface area (Å²) in [5, 5.41) is 14.3. The molecule has 1 saturated heterocycles. The van der Waals surface area contributed by atoms with Crippen molar-refractivity contribution >= 4 is 33.7 Å². The highest BCUT2D eigenvalue weighted by Crippen LogP contribution is 2.18. The zero-order valence-corrected chi connectivity index (χ0v) is 12.7. The number of nitrogens with one attached hydrogen (secondary N) is 2. The Labute approximate surface area is 130 Å². The van der Waals surface area contributed by atoms with Gasteiger partial charge in [-0.25, -0.2) is 4.79 Å². The first-order chi connectivity index (χ1) is 9.97. The third-order valence-electron chi connectivity index (χ3n) is 3.31. The lowest BCUT2D eigenvalue weighted by Crippen LogP contribution is -2.49. The van der Waals surface area contributed by atoms with Crippen LogP contribution in [-0.4, -0.2) is 35.0 Å². The van der Waals surface area contributed by atoms with Crippen LogP contribution in [0.15, 0.2) is 28.7 Å². The Hall–Kier alpha value is -1.89. The summed E-state index contributed by atoms with van der Waals surface area (Å²) < 4.78 is 0.791. The van der Waals surface area contributed by atoms with Gasteiger partial charge in [0.1, 0.15) is 12.1 Å². The van der Waals surface area contributed by atoms with Crippen molar-refractivity contribution in [1.82, 2.24) is 10.6 Å². The predicted octanol–water partition coefficient (Wildman–Crippen LogP) is 0.840. The van der Waals surface area contributed by atoms with Crippen LogP contribution in [0.3, 0.4) is 0 Å². The molecule has 21 heavy (non-hydrogen) atoms. The van der Waals surface area contributed by atoms with Crippen LogP contribution in [-0.2, 0) is 20.8 Å². The predicted molar refractivity (Wildman–Crippen MR) is 78.6 cm³/mol. The number of benzene rings is 1. The molecular formula is C14H15BrN2O4. The molecular weight excluding hydrogens is 340 g/mol. The molecule has 6 nitrogen and oxygen atoms in total. The van der Waals surface area contributed by atoms with Gasteiger partial charge in [0.05, 0.1) is 0 Å². The molecule has 1 fully saturated rings. The summed E-state index contributed by atoms with van der Waals surface area (Å²) in [7, 11) is 0. The number of carbonyl (C=O) groups is 3. The number of carboxylic acid groups (broad SMARTS) is 1. The summed E-state index contributed by atoms with van der Waals surface area (Å²) in [4.78, 5) is 34.4. The van der Waals surface area contributed by atoms with Crippen LogP contribution in [0.1, 0.15) is 18.4 Å². The summed E-state index contributed by atoms with van der Waals surface area (Å²) in [5.74, 6) is -1.75. The summed E-state index contributed by atoms with van der Waals surface area (Å²) in [6, 6.07) is 5.57. The van der Waals surface area contributed by atoms with Gasteiger partial charge in [-0.15, -0.1) is 0 Å². The van der Waals surface area contributed by atoms with Crippen LogP contribution in [0, 0.1) is 0 Å². The van der Waals surface area contributed by atoms with Crippen LogP contribution in [0.25, 0.3) is 0 Å². The van der Waals surface area contributed by atoms with Crippen molar-refractivity contribution in [3.63, 3.8) is 0 Å². The van der Waals surface area contributed by atoms with E-state index < -0.39 is 24.0 Å². The lowest BCUT2D eigenvalue weighted by molar-refractivity contribution is -0.142. The maximum atomic E-state index is 12.0. The minimum Gasteiger partial charge on any atom is -0.480 e. The molecule has 0 aliphatic carbocycles. The highest BCUT2D eigenvalue weighted by Gasteiger charge is 2.30. The van der Waals surface area contributed by atoms with Gasteiger partial charge in [-0.3, -0.25) is 9.59 Å². The smallest absolute Gasteiger partial charge is 0.326 e. The maximum absolute atomic E-state index is 12.0. The van der Waals surface area contributed by atoms with E-state index in [-0.39, 0.29) is 12.3 Å². The molecule has 1 aromatic carbocycles. The number of hydrogen-bond donors (Lipinski definition) is 3. The first-order valence-electron chi connectivity index (χ1n) is 6.53. The Kier molecular flexibility index (Phi) is 4.95. The van der Waals surface area contributed by atoms with Gasteiger partial charge in [0.2, 0.25) is 11.8 Å². The van der Waals surface area contributed by atoms with Crippen LogP contribution < -0.4 is 10.6 Å². The summed E-state index contributed by atoms with van der Waals surface area (Å²) in [6.07, 6.45) is 0.856. The maximum Gasteiger partial charge on any atom is 0.326 e. The SMILES string of the molecule is O=C1CC[C@@H](C(=O)N[C@H](Cc2ccccc2Br)C(=O)O)N1. The van der Waals surface area contributed by atoms with E-state index >= 15 is 0 Å². The molecule has 1 aliphatic heterocycles. The number of carbonyl (C=O) groups excluding carboxylic acids is 2. The number of carboxylic acids is 1. The zero-order chi connectivity index (χ0) is 15.4. The van der Waals surface area contributed by atoms with Gasteiger partial charge in [0.15, 0.2) is 0 Å². The topological polar surface area (TPSA) is 95.5 Å². The van der Waals surface area contributed by atoms with E-state index in [4.69, 9.17) is 0 Å². The molecule has 1 heterocycles. The third-order valence-corrected chi connectivity index (χ3v) is 4.08. The Balaban J connectivity index is 2.03. The van der Waals surface area contributed by atoms with Crippen LogP contribution >= 0.6 is 15.9 Å². The molecule has 112 valence electrons. The third kappa shape index (κ3) is 4.04. The molecule has 0 aromatic heterocycles. The average molecular weight is 355 g/mol. The molecule has 2 rings (SSSR count). The Morgan fingerprint density at radius 1 is 1.43 bits per heavy atom. The number of amides is 2. The number of hydrogen-bond acceptors (Lipinski definition) is 3. The molecule has 2 atom stereocenters. The van der Waals surface area contributed by atoms with Gasteiger partial charge in [-0.05, 0) is 18.1 Å². The van der Waals surface area contributed by atoms with Crippen molar-refractivity contribution in [2.45, 2.75) is 31.3 Å². The van der Waals surface area contributed by atoms with E-state index in [1.165, 1.54) is 0 Å². The lowest BCUT2D eigenvalue weighted by Gasteiger charge is -2.18. The van der Waals surface area contributed by atoms with Crippen LogP contribution in [0.2, 0.25) is 0 Å². The minimum absolute atomic E-state index is 0.170. The molecule has 0 unspecified atom stereocenters. The molecule has 2 amide bonds. The van der Waals surface area contributed by atoms with E-state index in [9.17, 15) is 19.5 Å². The second-order valence-corrected chi connectivity index (χ2v) is 5.71. The quantitative estimate of drug-likeness (QED) is 0.729. The molecule has 1 aliphatic rings. The number of aliphatic carboxylic acids is 1. The minimum atomic E-state index is -1.11. The Morgan fingerprint density at radius 3 is 2.71 bits per heavy atom. The second kappa shape index (κ2) is 6.71. The highest BCUT2D eigenvalue weighted by molar-refractivity contribution is 9.10. The number of rotatable bonds is 5. The van der Waals surface area contributed by atoms with E-state index in [1.807, 2.05) is 12.1 Å². The normalized spacial score (nSPS) is 18.9.